The van der Waals surface area contributed by atoms with Crippen LogP contribution in [-0.4, -0.2) is 30.4 Å². The van der Waals surface area contributed by atoms with Crippen molar-refractivity contribution < 1.29 is 4.79 Å². The molecule has 2 aliphatic rings. The van der Waals surface area contributed by atoms with Gasteiger partial charge < -0.3 is 10.6 Å². The van der Waals surface area contributed by atoms with Crippen LogP contribution in [0.2, 0.25) is 0 Å². The summed E-state index contributed by atoms with van der Waals surface area (Å²) in [6.07, 6.45) is 4.51. The molecule has 0 heterocycles. The standard InChI is InChI=1S/C17H24N2O.ClH/c1-19(10-9-12-5-3-2-4-6-12)17(20)15-13-7-8-14(11-13)16(15)18;/h2-6,13-16H,7-11,18H2,1H3;1H. The number of halogens is 1. The lowest BCUT2D eigenvalue weighted by Crippen LogP contribution is -2.46. The molecule has 0 radical (unpaired) electrons. The molecule has 0 spiro atoms. The van der Waals surface area contributed by atoms with Gasteiger partial charge in [0.05, 0.1) is 5.92 Å². The Labute approximate surface area is 133 Å². The number of hydrogen-bond acceptors (Lipinski definition) is 2. The topological polar surface area (TPSA) is 46.3 Å². The lowest BCUT2D eigenvalue weighted by molar-refractivity contribution is -0.136. The number of fused-ring (bicyclic) bond motifs is 2. The molecule has 2 bridgehead atoms. The fraction of sp³-hybridized carbons (Fsp3) is 0.588. The van der Waals surface area contributed by atoms with E-state index in [1.807, 2.05) is 30.1 Å². The largest absolute Gasteiger partial charge is 0.345 e. The summed E-state index contributed by atoms with van der Waals surface area (Å²) in [5.74, 6) is 1.48. The van der Waals surface area contributed by atoms with Gasteiger partial charge in [-0.15, -0.1) is 12.4 Å². The van der Waals surface area contributed by atoms with Crippen molar-refractivity contribution in [3.63, 3.8) is 0 Å². The molecule has 2 aliphatic carbocycles. The zero-order valence-electron chi connectivity index (χ0n) is 12.6. The average Bonchev–Trinajstić information content (AvgIpc) is 3.06. The van der Waals surface area contributed by atoms with Crippen molar-refractivity contribution in [2.24, 2.45) is 23.5 Å². The third-order valence-electron chi connectivity index (χ3n) is 5.22. The molecule has 116 valence electrons. The van der Waals surface area contributed by atoms with E-state index in [1.165, 1.54) is 24.8 Å². The van der Waals surface area contributed by atoms with E-state index < -0.39 is 0 Å². The summed E-state index contributed by atoms with van der Waals surface area (Å²) < 4.78 is 0. The van der Waals surface area contributed by atoms with Crippen LogP contribution in [0.1, 0.15) is 24.8 Å². The van der Waals surface area contributed by atoms with Crippen molar-refractivity contribution >= 4 is 18.3 Å². The summed E-state index contributed by atoms with van der Waals surface area (Å²) in [6.45, 7) is 0.781. The van der Waals surface area contributed by atoms with E-state index >= 15 is 0 Å². The van der Waals surface area contributed by atoms with Gasteiger partial charge >= 0.3 is 0 Å². The molecule has 4 atom stereocenters. The minimum atomic E-state index is 0. The van der Waals surface area contributed by atoms with E-state index in [2.05, 4.69) is 12.1 Å². The first-order valence-electron chi connectivity index (χ1n) is 7.71. The van der Waals surface area contributed by atoms with Gasteiger partial charge in [0.2, 0.25) is 5.91 Å². The molecule has 1 amide bonds. The van der Waals surface area contributed by atoms with Crippen LogP contribution >= 0.6 is 12.4 Å². The molecule has 21 heavy (non-hydrogen) atoms. The monoisotopic (exact) mass is 308 g/mol. The van der Waals surface area contributed by atoms with Gasteiger partial charge in [-0.2, -0.15) is 0 Å². The Morgan fingerprint density at radius 3 is 2.52 bits per heavy atom. The number of nitrogens with two attached hydrogens (primary N) is 1. The first-order chi connectivity index (χ1) is 9.66. The minimum Gasteiger partial charge on any atom is -0.345 e. The maximum absolute atomic E-state index is 12.6. The Hall–Kier alpha value is -1.06. The van der Waals surface area contributed by atoms with Gasteiger partial charge in [-0.1, -0.05) is 30.3 Å². The maximum atomic E-state index is 12.6. The van der Waals surface area contributed by atoms with E-state index in [1.54, 1.807) is 0 Å². The van der Waals surface area contributed by atoms with Gasteiger partial charge in [0.15, 0.2) is 0 Å². The molecular weight excluding hydrogens is 284 g/mol. The molecule has 0 aromatic heterocycles. The first-order valence-corrected chi connectivity index (χ1v) is 7.71. The highest BCUT2D eigenvalue weighted by Crippen LogP contribution is 2.48. The Kier molecular flexibility index (Phi) is 5.28. The number of likely N-dealkylation sites (N-methyl/N-ethyl adjacent to an activating group) is 1. The van der Waals surface area contributed by atoms with Gasteiger partial charge in [-0.25, -0.2) is 0 Å². The van der Waals surface area contributed by atoms with Crippen molar-refractivity contribution in [2.75, 3.05) is 13.6 Å². The van der Waals surface area contributed by atoms with E-state index in [0.717, 1.165) is 13.0 Å². The second kappa shape index (κ2) is 6.80. The maximum Gasteiger partial charge on any atom is 0.227 e. The molecule has 2 fully saturated rings. The zero-order valence-corrected chi connectivity index (χ0v) is 13.4. The van der Waals surface area contributed by atoms with Crippen LogP contribution in [0.5, 0.6) is 0 Å². The van der Waals surface area contributed by atoms with E-state index in [0.29, 0.717) is 11.8 Å². The van der Waals surface area contributed by atoms with Gasteiger partial charge in [-0.3, -0.25) is 4.79 Å². The van der Waals surface area contributed by atoms with Crippen molar-refractivity contribution in [1.29, 1.82) is 0 Å². The second-order valence-electron chi connectivity index (χ2n) is 6.43. The molecular formula is C17H25ClN2O. The number of carbonyl (C=O) groups is 1. The van der Waals surface area contributed by atoms with Crippen LogP contribution in [0.4, 0.5) is 0 Å². The molecule has 4 unspecified atom stereocenters. The molecule has 2 saturated carbocycles. The van der Waals surface area contributed by atoms with Gasteiger partial charge in [0.1, 0.15) is 0 Å². The van der Waals surface area contributed by atoms with Crippen LogP contribution < -0.4 is 5.73 Å². The summed E-state index contributed by atoms with van der Waals surface area (Å²) in [4.78, 5) is 14.5. The molecule has 2 N–H and O–H groups in total. The molecule has 0 saturated heterocycles. The Bertz CT molecular complexity index is 477. The smallest absolute Gasteiger partial charge is 0.227 e. The predicted molar refractivity (Wildman–Crippen MR) is 87.3 cm³/mol. The second-order valence-corrected chi connectivity index (χ2v) is 6.43. The Balaban J connectivity index is 0.00000161. The lowest BCUT2D eigenvalue weighted by Gasteiger charge is -2.30. The molecule has 0 aliphatic heterocycles. The number of hydrogen-bond donors (Lipinski definition) is 1. The number of benzene rings is 1. The molecule has 1 aromatic carbocycles. The third-order valence-corrected chi connectivity index (χ3v) is 5.22. The van der Waals surface area contributed by atoms with E-state index in [4.69, 9.17) is 5.73 Å². The lowest BCUT2D eigenvalue weighted by atomic mass is 9.84. The van der Waals surface area contributed by atoms with Crippen molar-refractivity contribution in [1.82, 2.24) is 4.90 Å². The van der Waals surface area contributed by atoms with Crippen LogP contribution in [0.15, 0.2) is 30.3 Å². The highest BCUT2D eigenvalue weighted by atomic mass is 35.5. The van der Waals surface area contributed by atoms with E-state index in [9.17, 15) is 4.79 Å². The van der Waals surface area contributed by atoms with E-state index in [-0.39, 0.29) is 30.3 Å². The SMILES string of the molecule is CN(CCc1ccccc1)C(=O)C1C2CCC(C2)C1N.Cl. The summed E-state index contributed by atoms with van der Waals surface area (Å²) in [5.41, 5.74) is 7.54. The molecule has 1 aromatic rings. The molecule has 3 rings (SSSR count). The summed E-state index contributed by atoms with van der Waals surface area (Å²) in [5, 5.41) is 0. The number of carbonyl (C=O) groups excluding carboxylic acids is 1. The summed E-state index contributed by atoms with van der Waals surface area (Å²) >= 11 is 0. The number of amides is 1. The van der Waals surface area contributed by atoms with Gasteiger partial charge in [0.25, 0.3) is 0 Å². The minimum absolute atomic E-state index is 0. The highest BCUT2D eigenvalue weighted by molar-refractivity contribution is 5.85. The first kappa shape index (κ1) is 16.3. The number of nitrogens with zero attached hydrogens (tertiary/aromatic N) is 1. The van der Waals surface area contributed by atoms with Gasteiger partial charge in [-0.05, 0) is 43.1 Å². The fourth-order valence-corrected chi connectivity index (χ4v) is 4.01. The average molecular weight is 309 g/mol. The zero-order chi connectivity index (χ0) is 14.1. The third kappa shape index (κ3) is 3.24. The molecule has 4 heteroatoms. The van der Waals surface area contributed by atoms with Crippen molar-refractivity contribution in [2.45, 2.75) is 31.7 Å². The molecule has 3 nitrogen and oxygen atoms in total. The van der Waals surface area contributed by atoms with Crippen LogP contribution in [0.3, 0.4) is 0 Å². The van der Waals surface area contributed by atoms with Crippen molar-refractivity contribution in [3.05, 3.63) is 35.9 Å². The Morgan fingerprint density at radius 2 is 1.90 bits per heavy atom. The predicted octanol–water partition coefficient (Wildman–Crippen LogP) is 2.48. The normalized spacial score (nSPS) is 30.0. The number of rotatable bonds is 4. The van der Waals surface area contributed by atoms with Crippen LogP contribution in [-0.2, 0) is 11.2 Å². The quantitative estimate of drug-likeness (QED) is 0.929. The Morgan fingerprint density at radius 1 is 1.24 bits per heavy atom. The summed E-state index contributed by atoms with van der Waals surface area (Å²) in [6, 6.07) is 10.4. The van der Waals surface area contributed by atoms with Gasteiger partial charge in [0, 0.05) is 19.6 Å². The summed E-state index contributed by atoms with van der Waals surface area (Å²) in [7, 11) is 1.92. The van der Waals surface area contributed by atoms with Crippen molar-refractivity contribution in [3.8, 4) is 0 Å². The van der Waals surface area contributed by atoms with Crippen LogP contribution in [0, 0.1) is 17.8 Å². The highest BCUT2D eigenvalue weighted by Gasteiger charge is 2.49. The van der Waals surface area contributed by atoms with Crippen LogP contribution in [0.25, 0.3) is 0 Å². The fourth-order valence-electron chi connectivity index (χ4n) is 4.01.